The number of halogens is 3. The molecule has 0 radical (unpaired) electrons. The topological polar surface area (TPSA) is 64.2 Å². The summed E-state index contributed by atoms with van der Waals surface area (Å²) in [4.78, 5) is 24.1. The minimum Gasteiger partial charge on any atom is -0.467 e. The molecule has 142 valence electrons. The first-order chi connectivity index (χ1) is 12.8. The third-order valence-corrected chi connectivity index (χ3v) is 4.22. The molecule has 0 bridgehead atoms. The largest absolute Gasteiger partial charge is 0.467 e. The van der Waals surface area contributed by atoms with Crippen molar-refractivity contribution in [1.29, 1.82) is 0 Å². The van der Waals surface area contributed by atoms with Gasteiger partial charge in [-0.15, -0.1) is 0 Å². The number of carbonyl (C=O) groups is 2. The predicted octanol–water partition coefficient (Wildman–Crippen LogP) is 3.86. The number of carbonyl (C=O) groups excluding carboxylic acids is 2. The zero-order chi connectivity index (χ0) is 19.6. The smallest absolute Gasteiger partial charge is 0.454 e. The maximum Gasteiger partial charge on any atom is 0.454 e. The van der Waals surface area contributed by atoms with Gasteiger partial charge in [0.15, 0.2) is 0 Å². The van der Waals surface area contributed by atoms with Crippen molar-refractivity contribution in [1.82, 2.24) is 9.88 Å². The van der Waals surface area contributed by atoms with Crippen LogP contribution >= 0.6 is 0 Å². The Labute approximate surface area is 152 Å². The van der Waals surface area contributed by atoms with E-state index in [0.29, 0.717) is 17.7 Å². The first-order valence-corrected chi connectivity index (χ1v) is 8.32. The molecule has 3 rings (SSSR count). The van der Waals surface area contributed by atoms with E-state index in [1.807, 2.05) is 6.92 Å². The van der Waals surface area contributed by atoms with Crippen molar-refractivity contribution in [3.63, 3.8) is 0 Å². The van der Waals surface area contributed by atoms with Crippen LogP contribution < -0.4 is 5.32 Å². The molecule has 1 amide bonds. The fourth-order valence-electron chi connectivity index (χ4n) is 2.99. The van der Waals surface area contributed by atoms with Crippen LogP contribution in [0.3, 0.4) is 0 Å². The van der Waals surface area contributed by atoms with Gasteiger partial charge in [0.2, 0.25) is 5.91 Å². The van der Waals surface area contributed by atoms with Gasteiger partial charge >= 0.3 is 6.18 Å². The van der Waals surface area contributed by atoms with Crippen molar-refractivity contribution in [2.75, 3.05) is 0 Å². The molecule has 2 heterocycles. The second-order valence-electron chi connectivity index (χ2n) is 6.02. The molecule has 0 saturated carbocycles. The Balaban J connectivity index is 1.94. The number of nitrogens with zero attached hydrogens (tertiary/aromatic N) is 1. The molecule has 8 heteroatoms. The number of amides is 1. The summed E-state index contributed by atoms with van der Waals surface area (Å²) in [5.41, 5.74) is 0.764. The molecule has 3 aromatic rings. The number of alkyl halides is 3. The molecule has 1 aromatic carbocycles. The van der Waals surface area contributed by atoms with Gasteiger partial charge in [0.25, 0.3) is 5.78 Å². The second kappa shape index (κ2) is 7.30. The van der Waals surface area contributed by atoms with E-state index < -0.39 is 23.4 Å². The van der Waals surface area contributed by atoms with Crippen molar-refractivity contribution in [3.05, 3.63) is 59.7 Å². The summed E-state index contributed by atoms with van der Waals surface area (Å²) >= 11 is 0. The Morgan fingerprint density at radius 3 is 2.59 bits per heavy atom. The summed E-state index contributed by atoms with van der Waals surface area (Å²) in [6.07, 6.45) is -1.85. The zero-order valence-corrected chi connectivity index (χ0v) is 14.5. The number of benzene rings is 1. The minimum atomic E-state index is -4.98. The van der Waals surface area contributed by atoms with E-state index >= 15 is 0 Å². The van der Waals surface area contributed by atoms with E-state index in [1.165, 1.54) is 16.9 Å². The van der Waals surface area contributed by atoms with Crippen LogP contribution in [0.25, 0.3) is 10.9 Å². The Bertz CT molecular complexity index is 972. The van der Waals surface area contributed by atoms with Gasteiger partial charge < -0.3 is 14.3 Å². The van der Waals surface area contributed by atoms with Crippen molar-refractivity contribution in [2.45, 2.75) is 32.6 Å². The van der Waals surface area contributed by atoms with E-state index in [-0.39, 0.29) is 18.5 Å². The number of aromatic nitrogens is 1. The molecule has 0 atom stereocenters. The van der Waals surface area contributed by atoms with Crippen LogP contribution in [0.5, 0.6) is 0 Å². The fourth-order valence-corrected chi connectivity index (χ4v) is 2.99. The minimum absolute atomic E-state index is 0.167. The number of furan rings is 1. The number of para-hydroxylation sites is 1. The molecule has 5 nitrogen and oxygen atoms in total. The lowest BCUT2D eigenvalue weighted by molar-refractivity contribution is -0.121. The Kier molecular flexibility index (Phi) is 5.07. The predicted molar refractivity (Wildman–Crippen MR) is 92.3 cm³/mol. The number of Topliss-reactive ketones (excluding diaryl/α,β-unsaturated/α-hetero) is 1. The average Bonchev–Trinajstić information content (AvgIpc) is 3.26. The van der Waals surface area contributed by atoms with Gasteiger partial charge in [0, 0.05) is 11.6 Å². The van der Waals surface area contributed by atoms with Crippen molar-refractivity contribution in [3.8, 4) is 0 Å². The third-order valence-electron chi connectivity index (χ3n) is 4.22. The summed E-state index contributed by atoms with van der Waals surface area (Å²) in [5.74, 6) is -1.77. The highest BCUT2D eigenvalue weighted by Gasteiger charge is 2.41. The number of hydrogen-bond acceptors (Lipinski definition) is 3. The number of fused-ring (bicyclic) bond motifs is 1. The second-order valence-corrected chi connectivity index (χ2v) is 6.02. The van der Waals surface area contributed by atoms with Gasteiger partial charge in [0.1, 0.15) is 12.3 Å². The van der Waals surface area contributed by atoms with Gasteiger partial charge in [-0.25, -0.2) is 0 Å². The highest BCUT2D eigenvalue weighted by molar-refractivity contribution is 6.11. The van der Waals surface area contributed by atoms with Gasteiger partial charge in [-0.2, -0.15) is 13.2 Å². The van der Waals surface area contributed by atoms with Gasteiger partial charge in [0.05, 0.1) is 23.9 Å². The molecule has 0 fully saturated rings. The molecule has 0 aliphatic heterocycles. The van der Waals surface area contributed by atoms with Gasteiger partial charge in [-0.1, -0.05) is 25.1 Å². The van der Waals surface area contributed by atoms with E-state index in [9.17, 15) is 22.8 Å². The van der Waals surface area contributed by atoms with Crippen LogP contribution in [0.1, 0.15) is 28.6 Å². The van der Waals surface area contributed by atoms with E-state index in [1.54, 1.807) is 24.3 Å². The number of ketones is 1. The Morgan fingerprint density at radius 1 is 1.19 bits per heavy atom. The number of nitrogens with one attached hydrogen (secondary N) is 1. The molecular weight excluding hydrogens is 361 g/mol. The monoisotopic (exact) mass is 378 g/mol. The molecule has 0 aliphatic carbocycles. The molecule has 27 heavy (non-hydrogen) atoms. The maximum atomic E-state index is 12.9. The Morgan fingerprint density at radius 2 is 1.96 bits per heavy atom. The van der Waals surface area contributed by atoms with E-state index in [0.717, 1.165) is 11.8 Å². The highest BCUT2D eigenvalue weighted by Crippen LogP contribution is 2.30. The summed E-state index contributed by atoms with van der Waals surface area (Å²) < 4.78 is 45.4. The van der Waals surface area contributed by atoms with Crippen molar-refractivity contribution in [2.24, 2.45) is 0 Å². The molecule has 0 aliphatic rings. The standard InChI is InChI=1S/C19H17F3N2O3/c1-2-12-5-3-7-14-15(18(26)19(20,21)22)10-24(17(12)14)11-16(25)23-9-13-6-4-8-27-13/h3-8,10H,2,9,11H2,1H3,(H,23,25). The first-order valence-electron chi connectivity index (χ1n) is 8.32. The molecule has 0 spiro atoms. The number of hydrogen-bond donors (Lipinski definition) is 1. The van der Waals surface area contributed by atoms with E-state index in [2.05, 4.69) is 5.32 Å². The third kappa shape index (κ3) is 3.89. The Hall–Kier alpha value is -3.03. The summed E-state index contributed by atoms with van der Waals surface area (Å²) in [6.45, 7) is 1.81. The molecule has 1 N–H and O–H groups in total. The quantitative estimate of drug-likeness (QED) is 0.663. The van der Waals surface area contributed by atoms with Gasteiger partial charge in [-0.3, -0.25) is 9.59 Å². The number of rotatable bonds is 6. The average molecular weight is 378 g/mol. The SMILES string of the molecule is CCc1cccc2c(C(=O)C(F)(F)F)cn(CC(=O)NCc3ccco3)c12. The fraction of sp³-hybridized carbons (Fsp3) is 0.263. The van der Waals surface area contributed by atoms with Crippen molar-refractivity contribution < 1.29 is 27.2 Å². The molecular formula is C19H17F3N2O3. The molecule has 0 saturated heterocycles. The van der Waals surface area contributed by atoms with Crippen LogP contribution in [0, 0.1) is 0 Å². The van der Waals surface area contributed by atoms with Crippen LogP contribution in [0.15, 0.2) is 47.2 Å². The van der Waals surface area contributed by atoms with Gasteiger partial charge in [-0.05, 0) is 24.1 Å². The summed E-state index contributed by atoms with van der Waals surface area (Å²) in [6, 6.07) is 8.21. The van der Waals surface area contributed by atoms with Crippen LogP contribution in [0.4, 0.5) is 13.2 Å². The molecule has 0 unspecified atom stereocenters. The maximum absolute atomic E-state index is 12.9. The zero-order valence-electron chi connectivity index (χ0n) is 14.5. The van der Waals surface area contributed by atoms with Crippen LogP contribution in [-0.4, -0.2) is 22.4 Å². The molecule has 2 aromatic heterocycles. The number of aryl methyl sites for hydroxylation is 1. The van der Waals surface area contributed by atoms with E-state index in [4.69, 9.17) is 4.42 Å². The normalized spacial score (nSPS) is 11.7. The lowest BCUT2D eigenvalue weighted by Gasteiger charge is -2.09. The summed E-state index contributed by atoms with van der Waals surface area (Å²) in [5, 5.41) is 2.83. The lowest BCUT2D eigenvalue weighted by Crippen LogP contribution is -2.27. The highest BCUT2D eigenvalue weighted by atomic mass is 19.4. The summed E-state index contributed by atoms with van der Waals surface area (Å²) in [7, 11) is 0. The van der Waals surface area contributed by atoms with Crippen LogP contribution in [0.2, 0.25) is 0 Å². The first kappa shape index (κ1) is 18.8. The van der Waals surface area contributed by atoms with Crippen molar-refractivity contribution >= 4 is 22.6 Å². The lowest BCUT2D eigenvalue weighted by atomic mass is 10.0. The van der Waals surface area contributed by atoms with Crippen LogP contribution in [-0.2, 0) is 24.3 Å².